The molecule has 22 heavy (non-hydrogen) atoms. The van der Waals surface area contributed by atoms with E-state index < -0.39 is 16.1 Å². The van der Waals surface area contributed by atoms with Crippen LogP contribution < -0.4 is 10.0 Å². The summed E-state index contributed by atoms with van der Waals surface area (Å²) in [5.74, 6) is -0.271. The maximum Gasteiger partial charge on any atom is 0.241 e. The summed E-state index contributed by atoms with van der Waals surface area (Å²) in [4.78, 5) is 12.3. The van der Waals surface area contributed by atoms with Crippen molar-refractivity contribution in [3.05, 3.63) is 28.7 Å². The molecule has 7 heteroatoms. The third-order valence-corrected chi connectivity index (χ3v) is 5.89. The fourth-order valence-corrected chi connectivity index (χ4v) is 4.01. The van der Waals surface area contributed by atoms with Gasteiger partial charge < -0.3 is 5.32 Å². The highest BCUT2D eigenvalue weighted by Gasteiger charge is 2.24. The Hall–Kier alpha value is -0.920. The van der Waals surface area contributed by atoms with Gasteiger partial charge in [0.15, 0.2) is 0 Å². The van der Waals surface area contributed by atoms with Crippen molar-refractivity contribution in [3.8, 4) is 0 Å². The van der Waals surface area contributed by atoms with Crippen LogP contribution in [0.3, 0.4) is 0 Å². The van der Waals surface area contributed by atoms with E-state index in [2.05, 4.69) is 26.0 Å². The zero-order valence-electron chi connectivity index (χ0n) is 12.5. The standard InChI is InChI=1S/C15H21BrN2O3S/c1-11(15(19)17-13-5-3-2-4-6-13)18-22(20,21)14-9-7-12(16)8-10-14/h7-11,13,18H,2-6H2,1H3,(H,17,19)/t11-/m1/s1. The lowest BCUT2D eigenvalue weighted by Crippen LogP contribution is -2.48. The zero-order valence-corrected chi connectivity index (χ0v) is 14.9. The van der Waals surface area contributed by atoms with E-state index in [1.807, 2.05) is 0 Å². The molecule has 1 aromatic carbocycles. The van der Waals surface area contributed by atoms with Gasteiger partial charge >= 0.3 is 0 Å². The molecule has 1 aliphatic carbocycles. The second kappa shape index (κ2) is 7.57. The molecule has 0 spiro atoms. The van der Waals surface area contributed by atoms with Crippen LogP contribution in [0.1, 0.15) is 39.0 Å². The highest BCUT2D eigenvalue weighted by molar-refractivity contribution is 9.10. The average molecular weight is 389 g/mol. The number of hydrogen-bond acceptors (Lipinski definition) is 3. The number of benzene rings is 1. The monoisotopic (exact) mass is 388 g/mol. The summed E-state index contributed by atoms with van der Waals surface area (Å²) in [5, 5.41) is 2.93. The minimum Gasteiger partial charge on any atom is -0.352 e. The van der Waals surface area contributed by atoms with Crippen LogP contribution in [-0.2, 0) is 14.8 Å². The lowest BCUT2D eigenvalue weighted by molar-refractivity contribution is -0.123. The van der Waals surface area contributed by atoms with E-state index in [1.54, 1.807) is 19.1 Å². The fraction of sp³-hybridized carbons (Fsp3) is 0.533. The highest BCUT2D eigenvalue weighted by atomic mass is 79.9. The van der Waals surface area contributed by atoms with Gasteiger partial charge in [0.25, 0.3) is 0 Å². The minimum atomic E-state index is -3.69. The van der Waals surface area contributed by atoms with Crippen LogP contribution in [0.2, 0.25) is 0 Å². The van der Waals surface area contributed by atoms with Crippen molar-refractivity contribution >= 4 is 31.9 Å². The van der Waals surface area contributed by atoms with Crippen LogP contribution >= 0.6 is 15.9 Å². The minimum absolute atomic E-state index is 0.146. The van der Waals surface area contributed by atoms with Crippen LogP contribution in [-0.4, -0.2) is 26.4 Å². The molecule has 0 aliphatic heterocycles. The Bertz CT molecular complexity index is 610. The topological polar surface area (TPSA) is 75.3 Å². The van der Waals surface area contributed by atoms with Crippen molar-refractivity contribution in [2.45, 2.75) is 56.0 Å². The summed E-state index contributed by atoms with van der Waals surface area (Å²) >= 11 is 3.26. The summed E-state index contributed by atoms with van der Waals surface area (Å²) in [6.07, 6.45) is 5.38. The second-order valence-corrected chi connectivity index (χ2v) is 8.27. The van der Waals surface area contributed by atoms with Gasteiger partial charge in [0.1, 0.15) is 0 Å². The summed E-state index contributed by atoms with van der Waals surface area (Å²) in [5.41, 5.74) is 0. The van der Waals surface area contributed by atoms with Crippen LogP contribution in [0.5, 0.6) is 0 Å². The molecular formula is C15H21BrN2O3S. The van der Waals surface area contributed by atoms with Crippen molar-refractivity contribution in [2.24, 2.45) is 0 Å². The Balaban J connectivity index is 1.95. The highest BCUT2D eigenvalue weighted by Crippen LogP contribution is 2.18. The van der Waals surface area contributed by atoms with E-state index in [9.17, 15) is 13.2 Å². The van der Waals surface area contributed by atoms with Crippen LogP contribution in [0.4, 0.5) is 0 Å². The van der Waals surface area contributed by atoms with Gasteiger partial charge in [-0.15, -0.1) is 0 Å². The van der Waals surface area contributed by atoms with Gasteiger partial charge in [-0.05, 0) is 44.0 Å². The summed E-state index contributed by atoms with van der Waals surface area (Å²) in [6, 6.07) is 5.68. The molecule has 0 radical (unpaired) electrons. The van der Waals surface area contributed by atoms with E-state index in [-0.39, 0.29) is 16.8 Å². The molecule has 0 aromatic heterocycles. The Morgan fingerprint density at radius 1 is 1.18 bits per heavy atom. The molecule has 1 amide bonds. The smallest absolute Gasteiger partial charge is 0.241 e. The predicted octanol–water partition coefficient (Wildman–Crippen LogP) is 2.56. The number of nitrogens with one attached hydrogen (secondary N) is 2. The van der Waals surface area contributed by atoms with Gasteiger partial charge in [0, 0.05) is 10.5 Å². The van der Waals surface area contributed by atoms with Crippen LogP contribution in [0, 0.1) is 0 Å². The maximum absolute atomic E-state index is 12.2. The van der Waals surface area contributed by atoms with Crippen molar-refractivity contribution in [1.29, 1.82) is 0 Å². The van der Waals surface area contributed by atoms with E-state index in [0.717, 1.165) is 30.2 Å². The number of rotatable bonds is 5. The average Bonchev–Trinajstić information content (AvgIpc) is 2.48. The Morgan fingerprint density at radius 3 is 2.36 bits per heavy atom. The summed E-state index contributed by atoms with van der Waals surface area (Å²) in [6.45, 7) is 1.56. The molecular weight excluding hydrogens is 368 g/mol. The van der Waals surface area contributed by atoms with Crippen molar-refractivity contribution in [1.82, 2.24) is 10.0 Å². The molecule has 2 N–H and O–H groups in total. The zero-order chi connectivity index (χ0) is 16.2. The molecule has 1 fully saturated rings. The molecule has 122 valence electrons. The Morgan fingerprint density at radius 2 is 1.77 bits per heavy atom. The third-order valence-electron chi connectivity index (χ3n) is 3.80. The maximum atomic E-state index is 12.2. The molecule has 0 saturated heterocycles. The lowest BCUT2D eigenvalue weighted by Gasteiger charge is -2.24. The SMILES string of the molecule is C[C@@H](NS(=O)(=O)c1ccc(Br)cc1)C(=O)NC1CCCCC1. The second-order valence-electron chi connectivity index (χ2n) is 5.64. The summed E-state index contributed by atoms with van der Waals surface area (Å²) < 4.78 is 27.7. The van der Waals surface area contributed by atoms with E-state index in [1.165, 1.54) is 18.6 Å². The molecule has 0 heterocycles. The molecule has 2 rings (SSSR count). The number of amides is 1. The molecule has 1 aromatic rings. The Kier molecular flexibility index (Phi) is 6.00. The first-order valence-electron chi connectivity index (χ1n) is 7.47. The fourth-order valence-electron chi connectivity index (χ4n) is 2.54. The number of halogens is 1. The normalized spacial score (nSPS) is 17.9. The van der Waals surface area contributed by atoms with Crippen molar-refractivity contribution < 1.29 is 13.2 Å². The molecule has 0 bridgehead atoms. The van der Waals surface area contributed by atoms with Gasteiger partial charge in [0.05, 0.1) is 10.9 Å². The molecule has 1 saturated carbocycles. The first-order chi connectivity index (χ1) is 10.4. The first kappa shape index (κ1) is 17.4. The van der Waals surface area contributed by atoms with E-state index in [4.69, 9.17) is 0 Å². The van der Waals surface area contributed by atoms with E-state index in [0.29, 0.717) is 0 Å². The number of carbonyl (C=O) groups excluding carboxylic acids is 1. The predicted molar refractivity (Wildman–Crippen MR) is 88.9 cm³/mol. The number of hydrogen-bond donors (Lipinski definition) is 2. The lowest BCUT2D eigenvalue weighted by atomic mass is 9.95. The molecule has 5 nitrogen and oxygen atoms in total. The molecule has 1 atom stereocenters. The quantitative estimate of drug-likeness (QED) is 0.813. The third kappa shape index (κ3) is 4.79. The van der Waals surface area contributed by atoms with Gasteiger partial charge in [-0.25, -0.2) is 8.42 Å². The van der Waals surface area contributed by atoms with E-state index >= 15 is 0 Å². The van der Waals surface area contributed by atoms with Gasteiger partial charge in [-0.1, -0.05) is 35.2 Å². The van der Waals surface area contributed by atoms with Crippen LogP contribution in [0.25, 0.3) is 0 Å². The van der Waals surface area contributed by atoms with Crippen molar-refractivity contribution in [3.63, 3.8) is 0 Å². The van der Waals surface area contributed by atoms with Gasteiger partial charge in [-0.3, -0.25) is 4.79 Å². The molecule has 1 aliphatic rings. The van der Waals surface area contributed by atoms with Crippen molar-refractivity contribution in [2.75, 3.05) is 0 Å². The van der Waals surface area contributed by atoms with Gasteiger partial charge in [0.2, 0.25) is 15.9 Å². The van der Waals surface area contributed by atoms with Gasteiger partial charge in [-0.2, -0.15) is 4.72 Å². The summed E-state index contributed by atoms with van der Waals surface area (Å²) in [7, 11) is -3.69. The largest absolute Gasteiger partial charge is 0.352 e. The van der Waals surface area contributed by atoms with Crippen LogP contribution in [0.15, 0.2) is 33.6 Å². The molecule has 0 unspecified atom stereocenters. The first-order valence-corrected chi connectivity index (χ1v) is 9.74. The Labute approximate surface area is 140 Å². The number of carbonyl (C=O) groups is 1. The number of sulfonamides is 1.